The normalized spacial score (nSPS) is 12.9. The number of carbonyl (C=O) groups excluding carboxylic acids is 1. The van der Waals surface area contributed by atoms with Crippen molar-refractivity contribution in [2.24, 2.45) is 0 Å². The lowest BCUT2D eigenvalue weighted by Gasteiger charge is -2.32. The molecule has 3 heteroatoms. The Morgan fingerprint density at radius 1 is 1.10 bits per heavy atom. The molecule has 3 nitrogen and oxygen atoms in total. The summed E-state index contributed by atoms with van der Waals surface area (Å²) in [5.41, 5.74) is 1.30. The molecule has 0 aliphatic rings. The Labute approximate surface area is 123 Å². The summed E-state index contributed by atoms with van der Waals surface area (Å²) < 4.78 is 0. The van der Waals surface area contributed by atoms with Crippen LogP contribution in [0.4, 0.5) is 0 Å². The molecule has 0 spiro atoms. The van der Waals surface area contributed by atoms with Gasteiger partial charge >= 0.3 is 0 Å². The van der Waals surface area contributed by atoms with E-state index in [0.29, 0.717) is 24.5 Å². The fraction of sp³-hybridized carbons (Fsp3) is 0.588. The van der Waals surface area contributed by atoms with Crippen molar-refractivity contribution in [2.75, 3.05) is 13.1 Å². The molecule has 0 aliphatic heterocycles. The molecule has 1 N–H and O–H groups in total. The molecule has 1 rings (SSSR count). The van der Waals surface area contributed by atoms with Crippen molar-refractivity contribution in [1.29, 1.82) is 0 Å². The van der Waals surface area contributed by atoms with Crippen molar-refractivity contribution in [3.8, 4) is 0 Å². The second-order valence-electron chi connectivity index (χ2n) is 5.85. The van der Waals surface area contributed by atoms with Crippen LogP contribution < -0.4 is 5.32 Å². The average Bonchev–Trinajstić information content (AvgIpc) is 2.42. The van der Waals surface area contributed by atoms with Crippen molar-refractivity contribution in [2.45, 2.75) is 52.1 Å². The molecule has 0 heterocycles. The van der Waals surface area contributed by atoms with Crippen LogP contribution in [0.3, 0.4) is 0 Å². The molecular formula is C17H28N2O. The summed E-state index contributed by atoms with van der Waals surface area (Å²) in [5, 5.41) is 2.83. The smallest absolute Gasteiger partial charge is 0.207 e. The van der Waals surface area contributed by atoms with Gasteiger partial charge in [-0.05, 0) is 46.2 Å². The van der Waals surface area contributed by atoms with Crippen molar-refractivity contribution in [3.63, 3.8) is 0 Å². The van der Waals surface area contributed by atoms with Crippen LogP contribution in [0.25, 0.3) is 0 Å². The van der Waals surface area contributed by atoms with Gasteiger partial charge in [0.2, 0.25) is 6.41 Å². The summed E-state index contributed by atoms with van der Waals surface area (Å²) in [6.07, 6.45) is 1.85. The molecule has 0 radical (unpaired) electrons. The lowest BCUT2D eigenvalue weighted by molar-refractivity contribution is -0.109. The number of nitrogens with zero attached hydrogens (tertiary/aromatic N) is 1. The average molecular weight is 276 g/mol. The summed E-state index contributed by atoms with van der Waals surface area (Å²) >= 11 is 0. The predicted molar refractivity (Wildman–Crippen MR) is 84.8 cm³/mol. The highest BCUT2D eigenvalue weighted by Gasteiger charge is 2.17. The van der Waals surface area contributed by atoms with E-state index in [1.165, 1.54) is 5.56 Å². The van der Waals surface area contributed by atoms with E-state index in [1.807, 2.05) is 6.07 Å². The molecule has 1 aromatic carbocycles. The number of benzene rings is 1. The summed E-state index contributed by atoms with van der Waals surface area (Å²) in [6.45, 7) is 10.7. The van der Waals surface area contributed by atoms with E-state index in [-0.39, 0.29) is 0 Å². The van der Waals surface area contributed by atoms with Gasteiger partial charge in [0, 0.05) is 24.5 Å². The first kappa shape index (κ1) is 16.7. The third kappa shape index (κ3) is 5.33. The number of rotatable bonds is 9. The van der Waals surface area contributed by atoms with Gasteiger partial charge in [-0.3, -0.25) is 9.69 Å². The van der Waals surface area contributed by atoms with Gasteiger partial charge in [-0.25, -0.2) is 0 Å². The summed E-state index contributed by atoms with van der Waals surface area (Å²) in [7, 11) is 0. The maximum absolute atomic E-state index is 10.6. The zero-order valence-electron chi connectivity index (χ0n) is 13.2. The van der Waals surface area contributed by atoms with Gasteiger partial charge in [0.15, 0.2) is 0 Å². The van der Waals surface area contributed by atoms with E-state index in [2.05, 4.69) is 62.2 Å². The van der Waals surface area contributed by atoms with E-state index < -0.39 is 0 Å². The largest absolute Gasteiger partial charge is 0.358 e. The third-order valence-electron chi connectivity index (χ3n) is 3.78. The minimum absolute atomic E-state index is 0.376. The number of nitrogens with one attached hydrogen (secondary N) is 1. The molecule has 0 fully saturated rings. The highest BCUT2D eigenvalue weighted by atomic mass is 16.1. The molecule has 1 atom stereocenters. The molecule has 112 valence electrons. The van der Waals surface area contributed by atoms with Crippen molar-refractivity contribution in [1.82, 2.24) is 10.2 Å². The fourth-order valence-electron chi connectivity index (χ4n) is 2.72. The molecule has 1 unspecified atom stereocenters. The second kappa shape index (κ2) is 8.75. The third-order valence-corrected chi connectivity index (χ3v) is 3.78. The van der Waals surface area contributed by atoms with E-state index in [9.17, 15) is 4.79 Å². The highest BCUT2D eigenvalue weighted by Crippen LogP contribution is 2.20. The second-order valence-corrected chi connectivity index (χ2v) is 5.85. The molecule has 0 aliphatic carbocycles. The van der Waals surface area contributed by atoms with Gasteiger partial charge in [0.1, 0.15) is 0 Å². The molecule has 0 bridgehead atoms. The number of carbonyl (C=O) groups is 1. The van der Waals surface area contributed by atoms with Gasteiger partial charge in [0.05, 0.1) is 0 Å². The molecule has 20 heavy (non-hydrogen) atoms. The van der Waals surface area contributed by atoms with Crippen LogP contribution in [0, 0.1) is 0 Å². The van der Waals surface area contributed by atoms with Gasteiger partial charge in [-0.1, -0.05) is 30.3 Å². The zero-order chi connectivity index (χ0) is 15.0. The Hall–Kier alpha value is -1.35. The van der Waals surface area contributed by atoms with Gasteiger partial charge in [-0.15, -0.1) is 0 Å². The summed E-state index contributed by atoms with van der Waals surface area (Å²) in [5.74, 6) is 0.376. The van der Waals surface area contributed by atoms with Crippen LogP contribution in [0.2, 0.25) is 0 Å². The SMILES string of the molecule is CC(C)N(CCC(CNC=O)c1ccccc1)C(C)C. The van der Waals surface area contributed by atoms with Crippen LogP contribution in [0.5, 0.6) is 0 Å². The summed E-state index contributed by atoms with van der Waals surface area (Å²) in [6, 6.07) is 11.5. The monoisotopic (exact) mass is 276 g/mol. The van der Waals surface area contributed by atoms with Crippen LogP contribution in [0.1, 0.15) is 45.6 Å². The van der Waals surface area contributed by atoms with E-state index in [0.717, 1.165) is 19.4 Å². The zero-order valence-corrected chi connectivity index (χ0v) is 13.2. The standard InChI is InChI=1S/C17H28N2O/c1-14(2)19(15(3)4)11-10-17(12-18-13-20)16-8-6-5-7-9-16/h5-9,13-15,17H,10-12H2,1-4H3,(H,18,20). The maximum Gasteiger partial charge on any atom is 0.207 e. The topological polar surface area (TPSA) is 32.3 Å². The predicted octanol–water partition coefficient (Wildman–Crippen LogP) is 3.03. The van der Waals surface area contributed by atoms with Gasteiger partial charge in [0.25, 0.3) is 0 Å². The first-order valence-electron chi connectivity index (χ1n) is 7.54. The Bertz CT molecular complexity index is 368. The van der Waals surface area contributed by atoms with Crippen molar-refractivity contribution >= 4 is 6.41 Å². The van der Waals surface area contributed by atoms with Crippen LogP contribution in [0.15, 0.2) is 30.3 Å². The molecular weight excluding hydrogens is 248 g/mol. The fourth-order valence-corrected chi connectivity index (χ4v) is 2.72. The lowest BCUT2D eigenvalue weighted by atomic mass is 9.95. The molecule has 0 saturated heterocycles. The maximum atomic E-state index is 10.6. The van der Waals surface area contributed by atoms with Crippen LogP contribution in [-0.2, 0) is 4.79 Å². The molecule has 1 amide bonds. The Morgan fingerprint density at radius 2 is 1.70 bits per heavy atom. The van der Waals surface area contributed by atoms with E-state index >= 15 is 0 Å². The molecule has 1 aromatic rings. The Balaban J connectivity index is 2.67. The van der Waals surface area contributed by atoms with E-state index in [4.69, 9.17) is 0 Å². The van der Waals surface area contributed by atoms with E-state index in [1.54, 1.807) is 0 Å². The Kier molecular flexibility index (Phi) is 7.31. The number of hydrogen-bond acceptors (Lipinski definition) is 2. The minimum Gasteiger partial charge on any atom is -0.358 e. The van der Waals surface area contributed by atoms with Crippen molar-refractivity contribution in [3.05, 3.63) is 35.9 Å². The first-order valence-corrected chi connectivity index (χ1v) is 7.54. The minimum atomic E-state index is 0.376. The molecule has 0 aromatic heterocycles. The highest BCUT2D eigenvalue weighted by molar-refractivity contribution is 5.46. The quantitative estimate of drug-likeness (QED) is 0.703. The van der Waals surface area contributed by atoms with Crippen LogP contribution >= 0.6 is 0 Å². The number of hydrogen-bond donors (Lipinski definition) is 1. The first-order chi connectivity index (χ1) is 9.56. The van der Waals surface area contributed by atoms with Gasteiger partial charge < -0.3 is 5.32 Å². The van der Waals surface area contributed by atoms with Gasteiger partial charge in [-0.2, -0.15) is 0 Å². The Morgan fingerprint density at radius 3 is 2.20 bits per heavy atom. The lowest BCUT2D eigenvalue weighted by Crippen LogP contribution is -2.38. The molecule has 0 saturated carbocycles. The van der Waals surface area contributed by atoms with Crippen LogP contribution in [-0.4, -0.2) is 36.5 Å². The summed E-state index contributed by atoms with van der Waals surface area (Å²) in [4.78, 5) is 13.1. The van der Waals surface area contributed by atoms with Crippen molar-refractivity contribution < 1.29 is 4.79 Å². The number of amides is 1.